The Morgan fingerprint density at radius 1 is 1.11 bits per heavy atom. The molecular weight excluding hydrogens is 485 g/mol. The summed E-state index contributed by atoms with van der Waals surface area (Å²) in [6, 6.07) is 9.04. The van der Waals surface area contributed by atoms with E-state index in [0.717, 1.165) is 24.3 Å². The molecule has 4 aromatic rings. The molecule has 0 atom stereocenters. The number of pyridine rings is 1. The number of aromatic amines is 1. The molecule has 0 unspecified atom stereocenters. The van der Waals surface area contributed by atoms with E-state index in [4.69, 9.17) is 4.74 Å². The lowest BCUT2D eigenvalue weighted by molar-refractivity contribution is -0.152. The minimum atomic E-state index is -2.52. The number of aromatic nitrogens is 6. The summed E-state index contributed by atoms with van der Waals surface area (Å²) >= 11 is 0. The van der Waals surface area contributed by atoms with E-state index in [0.29, 0.717) is 40.9 Å². The number of benzene rings is 1. The maximum Gasteiger partial charge on any atom is 0.249 e. The van der Waals surface area contributed by atoms with E-state index in [9.17, 15) is 13.2 Å². The fourth-order valence-electron chi connectivity index (χ4n) is 5.36. The third kappa shape index (κ3) is 4.25. The van der Waals surface area contributed by atoms with Gasteiger partial charge in [0.2, 0.25) is 17.8 Å². The van der Waals surface area contributed by atoms with Gasteiger partial charge in [0.15, 0.2) is 5.82 Å². The highest BCUT2D eigenvalue weighted by molar-refractivity contribution is 5.74. The van der Waals surface area contributed by atoms with Crippen LogP contribution >= 0.6 is 0 Å². The summed E-state index contributed by atoms with van der Waals surface area (Å²) in [5, 5.41) is 13.7. The second-order valence-electron chi connectivity index (χ2n) is 9.81. The van der Waals surface area contributed by atoms with Crippen LogP contribution in [0.1, 0.15) is 19.3 Å². The van der Waals surface area contributed by atoms with Crippen molar-refractivity contribution in [3.63, 3.8) is 0 Å². The molecule has 4 heterocycles. The van der Waals surface area contributed by atoms with E-state index < -0.39 is 11.9 Å². The summed E-state index contributed by atoms with van der Waals surface area (Å²) in [6.45, 7) is 1.34. The predicted molar refractivity (Wildman–Crippen MR) is 131 cm³/mol. The van der Waals surface area contributed by atoms with E-state index >= 15 is 0 Å². The number of nitrogens with one attached hydrogen (secondary N) is 2. The summed E-state index contributed by atoms with van der Waals surface area (Å²) in [6.07, 6.45) is 3.81. The number of halogens is 3. The van der Waals surface area contributed by atoms with Gasteiger partial charge in [-0.3, -0.25) is 5.10 Å². The summed E-state index contributed by atoms with van der Waals surface area (Å²) in [5.74, 6) is -0.826. The van der Waals surface area contributed by atoms with Gasteiger partial charge in [-0.2, -0.15) is 14.5 Å². The van der Waals surface area contributed by atoms with Crippen molar-refractivity contribution in [3.05, 3.63) is 48.7 Å². The van der Waals surface area contributed by atoms with Crippen LogP contribution in [0, 0.1) is 11.4 Å². The van der Waals surface area contributed by atoms with Crippen LogP contribution in [0.5, 0.6) is 5.75 Å². The number of H-pyrrole nitrogens is 1. The molecule has 1 saturated carbocycles. The van der Waals surface area contributed by atoms with Gasteiger partial charge >= 0.3 is 0 Å². The Balaban J connectivity index is 1.17. The first-order valence-electron chi connectivity index (χ1n) is 11.9. The van der Waals surface area contributed by atoms with Crippen molar-refractivity contribution in [1.82, 2.24) is 29.9 Å². The Labute approximate surface area is 210 Å². The zero-order valence-corrected chi connectivity index (χ0v) is 20.3. The maximum absolute atomic E-state index is 14.0. The van der Waals surface area contributed by atoms with Crippen LogP contribution in [0.2, 0.25) is 0 Å². The minimum Gasteiger partial charge on any atom is -0.496 e. The lowest BCUT2D eigenvalue weighted by atomic mass is 9.65. The molecule has 9 nitrogen and oxygen atoms in total. The Bertz CT molecular complexity index is 1440. The van der Waals surface area contributed by atoms with Crippen LogP contribution in [-0.2, 0) is 7.05 Å². The number of anilines is 3. The minimum absolute atomic E-state index is 0.0307. The summed E-state index contributed by atoms with van der Waals surface area (Å²) in [5.41, 5.74) is 2.03. The van der Waals surface area contributed by atoms with Gasteiger partial charge in [-0.25, -0.2) is 18.4 Å². The number of ether oxygens (including phenoxy) is 1. The molecule has 0 bridgehead atoms. The van der Waals surface area contributed by atoms with E-state index in [-0.39, 0.29) is 18.3 Å². The fourth-order valence-corrected chi connectivity index (χ4v) is 5.36. The molecule has 1 aliphatic carbocycles. The highest BCUT2D eigenvalue weighted by Gasteiger charge is 2.58. The van der Waals surface area contributed by atoms with Gasteiger partial charge in [0.05, 0.1) is 18.9 Å². The normalized spacial score (nSPS) is 17.7. The molecule has 0 amide bonds. The lowest BCUT2D eigenvalue weighted by Crippen LogP contribution is -2.47. The highest BCUT2D eigenvalue weighted by atomic mass is 19.3. The van der Waals surface area contributed by atoms with Crippen molar-refractivity contribution in [2.24, 2.45) is 12.5 Å². The van der Waals surface area contributed by atoms with Crippen molar-refractivity contribution in [2.75, 3.05) is 30.4 Å². The van der Waals surface area contributed by atoms with Crippen molar-refractivity contribution >= 4 is 17.5 Å². The molecule has 0 radical (unpaired) electrons. The summed E-state index contributed by atoms with van der Waals surface area (Å²) in [4.78, 5) is 11.2. The average molecular weight is 511 g/mol. The van der Waals surface area contributed by atoms with Crippen molar-refractivity contribution in [3.8, 4) is 28.3 Å². The van der Waals surface area contributed by atoms with Crippen LogP contribution in [-0.4, -0.2) is 56.1 Å². The van der Waals surface area contributed by atoms with E-state index in [1.807, 2.05) is 12.1 Å². The Morgan fingerprint density at radius 3 is 2.62 bits per heavy atom. The molecule has 2 fully saturated rings. The Hall–Kier alpha value is -4.09. The van der Waals surface area contributed by atoms with Gasteiger partial charge < -0.3 is 15.0 Å². The summed E-state index contributed by atoms with van der Waals surface area (Å²) in [7, 11) is 3.28. The van der Waals surface area contributed by atoms with Crippen molar-refractivity contribution < 1.29 is 17.9 Å². The first-order chi connectivity index (χ1) is 17.7. The number of hydrogen-bond donors (Lipinski definition) is 2. The molecule has 2 N–H and O–H groups in total. The zero-order chi connectivity index (χ0) is 25.8. The average Bonchev–Trinajstić information content (AvgIpc) is 3.58. The second kappa shape index (κ2) is 8.49. The van der Waals surface area contributed by atoms with Gasteiger partial charge in [0, 0.05) is 67.5 Å². The lowest BCUT2D eigenvalue weighted by Gasteiger charge is -2.44. The first kappa shape index (κ1) is 23.3. The largest absolute Gasteiger partial charge is 0.496 e. The highest BCUT2D eigenvalue weighted by Crippen LogP contribution is 2.56. The number of methoxy groups -OCH3 is 1. The molecule has 1 saturated heterocycles. The first-order valence-corrected chi connectivity index (χ1v) is 11.9. The topological polar surface area (TPSA) is 96.8 Å². The molecule has 192 valence electrons. The monoisotopic (exact) mass is 510 g/mol. The molecule has 2 aliphatic rings. The third-order valence-corrected chi connectivity index (χ3v) is 7.14. The number of hydrogen-bond acceptors (Lipinski definition) is 7. The second-order valence-corrected chi connectivity index (χ2v) is 9.81. The number of nitrogens with zero attached hydrogens (tertiary/aromatic N) is 6. The molecule has 37 heavy (non-hydrogen) atoms. The van der Waals surface area contributed by atoms with Crippen LogP contribution in [0.25, 0.3) is 22.5 Å². The van der Waals surface area contributed by atoms with Crippen LogP contribution < -0.4 is 15.0 Å². The number of rotatable bonds is 6. The number of alkyl halides is 2. The standard InChI is InChI=1S/C25H25F3N8O/c1-35-23(31-16-4-5-17(19(9-16)37-2)18-11-30-33-21(18)26)32-22(34-35)15-3-6-20(29-10-15)36-8-7-24(14-36)12-25(27,28)13-24/h3-6,9-11H,7-8,12-14H2,1-2H3,(H,30,33)(H,31,32,34). The third-order valence-electron chi connectivity index (χ3n) is 7.14. The van der Waals surface area contributed by atoms with Gasteiger partial charge in [-0.05, 0) is 30.7 Å². The number of aryl methyl sites for hydroxylation is 1. The molecule has 1 aromatic carbocycles. The van der Waals surface area contributed by atoms with Crippen LogP contribution in [0.15, 0.2) is 42.7 Å². The predicted octanol–water partition coefficient (Wildman–Crippen LogP) is 4.78. The summed E-state index contributed by atoms with van der Waals surface area (Å²) < 4.78 is 47.9. The smallest absolute Gasteiger partial charge is 0.249 e. The van der Waals surface area contributed by atoms with Crippen molar-refractivity contribution in [2.45, 2.75) is 25.2 Å². The SMILES string of the molecule is COc1cc(Nc2nc(-c3ccc(N4CCC5(C4)CC(F)(F)C5)nc3)nn2C)ccc1-c1cn[nH]c1F. The van der Waals surface area contributed by atoms with E-state index in [1.165, 1.54) is 13.3 Å². The van der Waals surface area contributed by atoms with Gasteiger partial charge in [-0.15, -0.1) is 5.10 Å². The van der Waals surface area contributed by atoms with Gasteiger partial charge in [0.25, 0.3) is 0 Å². The Morgan fingerprint density at radius 2 is 1.95 bits per heavy atom. The molecule has 3 aromatic heterocycles. The molecule has 12 heteroatoms. The molecule has 1 spiro atoms. The van der Waals surface area contributed by atoms with E-state index in [2.05, 4.69) is 35.5 Å². The molecule has 6 rings (SSSR count). The van der Waals surface area contributed by atoms with E-state index in [1.54, 1.807) is 36.1 Å². The van der Waals surface area contributed by atoms with Crippen molar-refractivity contribution in [1.29, 1.82) is 0 Å². The molecule has 1 aliphatic heterocycles. The maximum atomic E-state index is 14.0. The van der Waals surface area contributed by atoms with Crippen LogP contribution in [0.4, 0.5) is 30.6 Å². The Kier molecular flexibility index (Phi) is 5.35. The van der Waals surface area contributed by atoms with Gasteiger partial charge in [-0.1, -0.05) is 0 Å². The zero-order valence-electron chi connectivity index (χ0n) is 20.3. The van der Waals surface area contributed by atoms with Gasteiger partial charge in [0.1, 0.15) is 11.6 Å². The van der Waals surface area contributed by atoms with Crippen LogP contribution in [0.3, 0.4) is 0 Å². The molecular formula is C25H25F3N8O. The quantitative estimate of drug-likeness (QED) is 0.385. The fraction of sp³-hybridized carbons (Fsp3) is 0.360.